The van der Waals surface area contributed by atoms with Gasteiger partial charge in [-0.2, -0.15) is 0 Å². The Morgan fingerprint density at radius 2 is 2.17 bits per heavy atom. The zero-order valence-electron chi connectivity index (χ0n) is 11.9. The van der Waals surface area contributed by atoms with E-state index < -0.39 is 0 Å². The van der Waals surface area contributed by atoms with Crippen molar-refractivity contribution in [3.8, 4) is 0 Å². The molecule has 5 heteroatoms. The minimum absolute atomic E-state index is 0.372. The molecule has 18 heavy (non-hydrogen) atoms. The van der Waals surface area contributed by atoms with Crippen molar-refractivity contribution < 1.29 is 0 Å². The van der Waals surface area contributed by atoms with Crippen molar-refractivity contribution in [1.29, 1.82) is 0 Å². The maximum Gasteiger partial charge on any atom is 0.225 e. The summed E-state index contributed by atoms with van der Waals surface area (Å²) in [4.78, 5) is 2.37. The molecule has 1 aliphatic rings. The molecule has 1 aromatic rings. The van der Waals surface area contributed by atoms with Crippen LogP contribution in [0.15, 0.2) is 0 Å². The van der Waals surface area contributed by atoms with Crippen molar-refractivity contribution in [1.82, 2.24) is 14.8 Å². The van der Waals surface area contributed by atoms with Crippen LogP contribution in [0.25, 0.3) is 0 Å². The van der Waals surface area contributed by atoms with Crippen LogP contribution in [-0.2, 0) is 6.54 Å². The highest BCUT2D eigenvalue weighted by Crippen LogP contribution is 2.35. The third-order valence-corrected chi connectivity index (χ3v) is 4.19. The number of H-pyrrole nitrogens is 1. The molecule has 0 aliphatic carbocycles. The van der Waals surface area contributed by atoms with Crippen molar-refractivity contribution in [2.24, 2.45) is 11.3 Å². The van der Waals surface area contributed by atoms with Crippen LogP contribution < -0.4 is 4.90 Å². The maximum absolute atomic E-state index is 5.29. The van der Waals surface area contributed by atoms with Crippen LogP contribution in [0.5, 0.6) is 0 Å². The molecule has 4 nitrogen and oxygen atoms in total. The number of nitrogens with one attached hydrogen (secondary N) is 1. The van der Waals surface area contributed by atoms with Gasteiger partial charge in [-0.05, 0) is 36.4 Å². The number of aromatic nitrogens is 3. The van der Waals surface area contributed by atoms with Crippen LogP contribution >= 0.6 is 12.2 Å². The van der Waals surface area contributed by atoms with Gasteiger partial charge < -0.3 is 4.90 Å². The summed E-state index contributed by atoms with van der Waals surface area (Å²) in [6.45, 7) is 12.3. The predicted molar refractivity (Wildman–Crippen MR) is 77.5 cm³/mol. The number of hydrogen-bond acceptors (Lipinski definition) is 3. The van der Waals surface area contributed by atoms with E-state index >= 15 is 0 Å². The highest BCUT2D eigenvalue weighted by molar-refractivity contribution is 7.71. The lowest BCUT2D eigenvalue weighted by molar-refractivity contribution is 0.263. The number of rotatable bonds is 3. The Morgan fingerprint density at radius 1 is 1.44 bits per heavy atom. The quantitative estimate of drug-likeness (QED) is 0.855. The normalized spacial score (nSPS) is 20.7. The molecule has 0 spiro atoms. The SMILES string of the molecule is CCCn1c(N2CCC(C(C)(C)C)C2)n[nH]c1=S. The summed E-state index contributed by atoms with van der Waals surface area (Å²) in [5, 5.41) is 7.33. The topological polar surface area (TPSA) is 36.9 Å². The molecular formula is C13H24N4S. The first-order valence-electron chi connectivity index (χ1n) is 6.83. The zero-order valence-corrected chi connectivity index (χ0v) is 12.7. The summed E-state index contributed by atoms with van der Waals surface area (Å²) in [6.07, 6.45) is 2.33. The van der Waals surface area contributed by atoms with E-state index in [-0.39, 0.29) is 0 Å². The molecule has 0 saturated carbocycles. The minimum Gasteiger partial charge on any atom is -0.341 e. The Balaban J connectivity index is 2.17. The van der Waals surface area contributed by atoms with Crippen LogP contribution in [0.4, 0.5) is 5.95 Å². The maximum atomic E-state index is 5.29. The van der Waals surface area contributed by atoms with Crippen molar-refractivity contribution in [2.45, 2.75) is 47.1 Å². The second kappa shape index (κ2) is 5.03. The molecule has 1 aromatic heterocycles. The van der Waals surface area contributed by atoms with E-state index in [9.17, 15) is 0 Å². The zero-order chi connectivity index (χ0) is 13.3. The van der Waals surface area contributed by atoms with E-state index in [0.29, 0.717) is 5.41 Å². The van der Waals surface area contributed by atoms with Gasteiger partial charge in [-0.3, -0.25) is 4.57 Å². The Hall–Kier alpha value is -0.840. The third-order valence-electron chi connectivity index (χ3n) is 3.88. The first-order valence-corrected chi connectivity index (χ1v) is 7.24. The van der Waals surface area contributed by atoms with Gasteiger partial charge in [-0.25, -0.2) is 5.10 Å². The summed E-state index contributed by atoms with van der Waals surface area (Å²) in [7, 11) is 0. The molecular weight excluding hydrogens is 244 g/mol. The number of anilines is 1. The van der Waals surface area contributed by atoms with Crippen molar-refractivity contribution in [3.63, 3.8) is 0 Å². The van der Waals surface area contributed by atoms with Crippen LogP contribution in [0.1, 0.15) is 40.5 Å². The Labute approximate surface area is 114 Å². The van der Waals surface area contributed by atoms with E-state index in [1.807, 2.05) is 0 Å². The number of nitrogens with zero attached hydrogens (tertiary/aromatic N) is 3. The van der Waals surface area contributed by atoms with Gasteiger partial charge in [0, 0.05) is 19.6 Å². The van der Waals surface area contributed by atoms with Crippen LogP contribution in [0.3, 0.4) is 0 Å². The lowest BCUT2D eigenvalue weighted by Gasteiger charge is -2.27. The summed E-state index contributed by atoms with van der Waals surface area (Å²) < 4.78 is 2.87. The molecule has 102 valence electrons. The molecule has 1 N–H and O–H groups in total. The van der Waals surface area contributed by atoms with Gasteiger partial charge >= 0.3 is 0 Å². The van der Waals surface area contributed by atoms with E-state index in [4.69, 9.17) is 12.2 Å². The highest BCUT2D eigenvalue weighted by atomic mass is 32.1. The standard InChI is InChI=1S/C13H24N4S/c1-5-7-17-11(14-15-12(17)18)16-8-6-10(9-16)13(2,3)4/h10H,5-9H2,1-4H3,(H,15,18). The van der Waals surface area contributed by atoms with Gasteiger partial charge in [0.25, 0.3) is 0 Å². The van der Waals surface area contributed by atoms with E-state index in [2.05, 4.69) is 47.4 Å². The summed E-state index contributed by atoms with van der Waals surface area (Å²) in [5.41, 5.74) is 0.372. The molecule has 2 heterocycles. The molecule has 1 saturated heterocycles. The van der Waals surface area contributed by atoms with Gasteiger partial charge in [0.1, 0.15) is 0 Å². The molecule has 1 unspecified atom stereocenters. The lowest BCUT2D eigenvalue weighted by Crippen LogP contribution is -2.27. The summed E-state index contributed by atoms with van der Waals surface area (Å²) >= 11 is 5.29. The fraction of sp³-hybridized carbons (Fsp3) is 0.846. The average molecular weight is 268 g/mol. The minimum atomic E-state index is 0.372. The van der Waals surface area contributed by atoms with Crippen LogP contribution in [0.2, 0.25) is 0 Å². The second-order valence-electron chi connectivity index (χ2n) is 6.28. The largest absolute Gasteiger partial charge is 0.341 e. The van der Waals surface area contributed by atoms with Gasteiger partial charge in [-0.1, -0.05) is 27.7 Å². The Kier molecular flexibility index (Phi) is 3.80. The number of hydrogen-bond donors (Lipinski definition) is 1. The van der Waals surface area contributed by atoms with E-state index in [1.54, 1.807) is 0 Å². The molecule has 2 rings (SSSR count). The van der Waals surface area contributed by atoms with Gasteiger partial charge in [0.05, 0.1) is 0 Å². The summed E-state index contributed by atoms with van der Waals surface area (Å²) in [6, 6.07) is 0. The lowest BCUT2D eigenvalue weighted by atomic mass is 9.80. The molecule has 0 radical (unpaired) electrons. The first-order chi connectivity index (χ1) is 8.43. The van der Waals surface area contributed by atoms with Crippen LogP contribution in [-0.4, -0.2) is 27.9 Å². The van der Waals surface area contributed by atoms with Crippen molar-refractivity contribution >= 4 is 18.2 Å². The molecule has 1 atom stereocenters. The summed E-state index contributed by atoms with van der Waals surface area (Å²) in [5.74, 6) is 1.76. The average Bonchev–Trinajstić information content (AvgIpc) is 2.86. The fourth-order valence-electron chi connectivity index (χ4n) is 2.62. The first kappa shape index (κ1) is 13.6. The monoisotopic (exact) mass is 268 g/mol. The van der Waals surface area contributed by atoms with E-state index in [1.165, 1.54) is 6.42 Å². The Bertz CT molecular complexity index is 454. The molecule has 1 fully saturated rings. The van der Waals surface area contributed by atoms with Gasteiger partial charge in [0.2, 0.25) is 5.95 Å². The number of aromatic amines is 1. The van der Waals surface area contributed by atoms with Crippen molar-refractivity contribution in [3.05, 3.63) is 4.77 Å². The molecule has 0 bridgehead atoms. The van der Waals surface area contributed by atoms with E-state index in [0.717, 1.165) is 42.7 Å². The van der Waals surface area contributed by atoms with Gasteiger partial charge in [0.15, 0.2) is 4.77 Å². The van der Waals surface area contributed by atoms with Gasteiger partial charge in [-0.15, -0.1) is 5.10 Å². The highest BCUT2D eigenvalue weighted by Gasteiger charge is 2.33. The second-order valence-corrected chi connectivity index (χ2v) is 6.66. The predicted octanol–water partition coefficient (Wildman–Crippen LogP) is 3.22. The molecule has 0 aromatic carbocycles. The molecule has 1 aliphatic heterocycles. The van der Waals surface area contributed by atoms with Crippen LogP contribution in [0, 0.1) is 16.1 Å². The fourth-order valence-corrected chi connectivity index (χ4v) is 2.84. The smallest absolute Gasteiger partial charge is 0.225 e. The molecule has 0 amide bonds. The Morgan fingerprint density at radius 3 is 2.72 bits per heavy atom. The van der Waals surface area contributed by atoms with Crippen molar-refractivity contribution in [2.75, 3.05) is 18.0 Å². The third kappa shape index (κ3) is 2.60.